The molecule has 3 aromatic rings. The highest BCUT2D eigenvalue weighted by Crippen LogP contribution is 2.26. The molecule has 0 atom stereocenters. The van der Waals surface area contributed by atoms with Gasteiger partial charge in [0.05, 0.1) is 22.5 Å². The molecule has 0 saturated carbocycles. The average Bonchev–Trinajstić information content (AvgIpc) is 2.76. The van der Waals surface area contributed by atoms with E-state index in [-0.39, 0.29) is 5.56 Å². The number of benzene rings is 2. The van der Waals surface area contributed by atoms with Gasteiger partial charge in [0.25, 0.3) is 5.91 Å². The number of carbonyl (C=O) groups excluding carboxylic acids is 1. The van der Waals surface area contributed by atoms with E-state index in [1.165, 1.54) is 12.1 Å². The first-order valence-electron chi connectivity index (χ1n) is 10.7. The summed E-state index contributed by atoms with van der Waals surface area (Å²) >= 11 is 0. The molecule has 0 bridgehead atoms. The summed E-state index contributed by atoms with van der Waals surface area (Å²) < 4.78 is 14.2. The number of carbonyl (C=O) groups is 1. The highest BCUT2D eigenvalue weighted by Gasteiger charge is 2.19. The number of nitrogens with one attached hydrogen (secondary N) is 1. The van der Waals surface area contributed by atoms with E-state index >= 15 is 0 Å². The lowest BCUT2D eigenvalue weighted by molar-refractivity contribution is 0.102. The van der Waals surface area contributed by atoms with E-state index in [1.54, 1.807) is 0 Å². The summed E-state index contributed by atoms with van der Waals surface area (Å²) in [6.07, 6.45) is 0. The third-order valence-electron chi connectivity index (χ3n) is 6.03. The SMILES string of the molecule is CCN1CCN(c2ccc(NC(=O)c3cc(F)cc4nc(C)c(C)nc34)c(C)c2)CC1. The molecular formula is C24H28FN5O. The lowest BCUT2D eigenvalue weighted by Gasteiger charge is -2.35. The molecule has 1 aromatic heterocycles. The van der Waals surface area contributed by atoms with Crippen molar-refractivity contribution in [3.05, 3.63) is 58.7 Å². The number of piperazine rings is 1. The van der Waals surface area contributed by atoms with Crippen LogP contribution >= 0.6 is 0 Å². The Bertz CT molecular complexity index is 1140. The van der Waals surface area contributed by atoms with Gasteiger partial charge in [-0.25, -0.2) is 14.4 Å². The zero-order chi connectivity index (χ0) is 22.1. The first-order valence-corrected chi connectivity index (χ1v) is 10.7. The molecule has 1 aliphatic heterocycles. The van der Waals surface area contributed by atoms with Gasteiger partial charge >= 0.3 is 0 Å². The number of fused-ring (bicyclic) bond motifs is 1. The predicted molar refractivity (Wildman–Crippen MR) is 122 cm³/mol. The van der Waals surface area contributed by atoms with E-state index in [4.69, 9.17) is 0 Å². The first kappa shape index (κ1) is 21.2. The zero-order valence-corrected chi connectivity index (χ0v) is 18.5. The molecule has 1 amide bonds. The van der Waals surface area contributed by atoms with Crippen LogP contribution in [-0.4, -0.2) is 53.5 Å². The van der Waals surface area contributed by atoms with Gasteiger partial charge in [-0.1, -0.05) is 6.92 Å². The van der Waals surface area contributed by atoms with E-state index < -0.39 is 11.7 Å². The Hall–Kier alpha value is -3.06. The van der Waals surface area contributed by atoms with Gasteiger partial charge in [-0.15, -0.1) is 0 Å². The van der Waals surface area contributed by atoms with Gasteiger partial charge < -0.3 is 15.1 Å². The molecule has 2 aromatic carbocycles. The molecule has 0 spiro atoms. The second-order valence-electron chi connectivity index (χ2n) is 8.09. The van der Waals surface area contributed by atoms with Crippen LogP contribution in [0.15, 0.2) is 30.3 Å². The molecule has 31 heavy (non-hydrogen) atoms. The van der Waals surface area contributed by atoms with E-state index in [9.17, 15) is 9.18 Å². The highest BCUT2D eigenvalue weighted by atomic mass is 19.1. The largest absolute Gasteiger partial charge is 0.369 e. The lowest BCUT2D eigenvalue weighted by Crippen LogP contribution is -2.46. The quantitative estimate of drug-likeness (QED) is 0.688. The second-order valence-corrected chi connectivity index (χ2v) is 8.09. The highest BCUT2D eigenvalue weighted by molar-refractivity contribution is 6.11. The van der Waals surface area contributed by atoms with Crippen molar-refractivity contribution < 1.29 is 9.18 Å². The molecule has 2 heterocycles. The minimum absolute atomic E-state index is 0.185. The summed E-state index contributed by atoms with van der Waals surface area (Å²) in [5.74, 6) is -0.900. The van der Waals surface area contributed by atoms with Gasteiger partial charge in [0.2, 0.25) is 0 Å². The smallest absolute Gasteiger partial charge is 0.258 e. The minimum Gasteiger partial charge on any atom is -0.369 e. The molecule has 7 heteroatoms. The van der Waals surface area contributed by atoms with Crippen molar-refractivity contribution in [3.63, 3.8) is 0 Å². The predicted octanol–water partition coefficient (Wildman–Crippen LogP) is 4.09. The summed E-state index contributed by atoms with van der Waals surface area (Å²) in [5.41, 5.74) is 5.23. The van der Waals surface area contributed by atoms with Crippen molar-refractivity contribution in [3.8, 4) is 0 Å². The second kappa shape index (κ2) is 8.59. The molecule has 0 radical (unpaired) electrons. The molecule has 1 aliphatic rings. The van der Waals surface area contributed by atoms with Crippen LogP contribution in [0.2, 0.25) is 0 Å². The Morgan fingerprint density at radius 2 is 1.74 bits per heavy atom. The van der Waals surface area contributed by atoms with E-state index in [1.807, 2.05) is 32.9 Å². The number of aryl methyl sites for hydroxylation is 3. The number of anilines is 2. The van der Waals surface area contributed by atoms with Crippen LogP contribution in [0.25, 0.3) is 11.0 Å². The van der Waals surface area contributed by atoms with Crippen molar-refractivity contribution in [2.24, 2.45) is 0 Å². The van der Waals surface area contributed by atoms with Crippen LogP contribution in [0.3, 0.4) is 0 Å². The Kier molecular flexibility index (Phi) is 5.87. The minimum atomic E-state index is -0.506. The Balaban J connectivity index is 1.57. The van der Waals surface area contributed by atoms with Crippen LogP contribution in [0, 0.1) is 26.6 Å². The zero-order valence-electron chi connectivity index (χ0n) is 18.5. The third kappa shape index (κ3) is 4.37. The van der Waals surface area contributed by atoms with Gasteiger partial charge in [-0.3, -0.25) is 4.79 Å². The third-order valence-corrected chi connectivity index (χ3v) is 6.03. The number of rotatable bonds is 4. The fourth-order valence-electron chi connectivity index (χ4n) is 3.97. The maximum Gasteiger partial charge on any atom is 0.258 e. The molecule has 1 N–H and O–H groups in total. The van der Waals surface area contributed by atoms with Crippen LogP contribution in [0.1, 0.15) is 34.2 Å². The maximum atomic E-state index is 14.2. The lowest BCUT2D eigenvalue weighted by atomic mass is 10.1. The fraction of sp³-hybridized carbons (Fsp3) is 0.375. The van der Waals surface area contributed by atoms with Gasteiger partial charge in [0.15, 0.2) is 0 Å². The maximum absolute atomic E-state index is 14.2. The van der Waals surface area contributed by atoms with Crippen molar-refractivity contribution >= 4 is 28.3 Å². The van der Waals surface area contributed by atoms with Gasteiger partial charge in [-0.2, -0.15) is 0 Å². The summed E-state index contributed by atoms with van der Waals surface area (Å²) in [6, 6.07) is 8.56. The fourth-order valence-corrected chi connectivity index (χ4v) is 3.97. The van der Waals surface area contributed by atoms with Gasteiger partial charge in [0, 0.05) is 43.6 Å². The van der Waals surface area contributed by atoms with Crippen molar-refractivity contribution in [2.75, 3.05) is 42.9 Å². The number of aromatic nitrogens is 2. The summed E-state index contributed by atoms with van der Waals surface area (Å²) in [5, 5.41) is 2.93. The van der Waals surface area contributed by atoms with Crippen LogP contribution in [0.4, 0.5) is 15.8 Å². The Morgan fingerprint density at radius 1 is 1.03 bits per heavy atom. The van der Waals surface area contributed by atoms with E-state index in [2.05, 4.69) is 38.1 Å². The van der Waals surface area contributed by atoms with Crippen molar-refractivity contribution in [1.82, 2.24) is 14.9 Å². The number of nitrogens with zero attached hydrogens (tertiary/aromatic N) is 4. The number of halogens is 1. The average molecular weight is 422 g/mol. The Labute approximate surface area is 182 Å². The molecular weight excluding hydrogens is 393 g/mol. The summed E-state index contributed by atoms with van der Waals surface area (Å²) in [4.78, 5) is 26.7. The van der Waals surface area contributed by atoms with E-state index in [0.29, 0.717) is 16.7 Å². The van der Waals surface area contributed by atoms with Crippen LogP contribution in [-0.2, 0) is 0 Å². The van der Waals surface area contributed by atoms with Crippen molar-refractivity contribution in [1.29, 1.82) is 0 Å². The molecule has 1 saturated heterocycles. The van der Waals surface area contributed by atoms with Crippen molar-refractivity contribution in [2.45, 2.75) is 27.7 Å². The number of likely N-dealkylation sites (N-methyl/N-ethyl adjacent to an activating group) is 1. The molecule has 4 rings (SSSR count). The van der Waals surface area contributed by atoms with Crippen LogP contribution < -0.4 is 10.2 Å². The molecule has 0 aliphatic carbocycles. The summed E-state index contributed by atoms with van der Waals surface area (Å²) in [6.45, 7) is 13.0. The summed E-state index contributed by atoms with van der Waals surface area (Å²) in [7, 11) is 0. The number of hydrogen-bond donors (Lipinski definition) is 1. The Morgan fingerprint density at radius 3 is 2.42 bits per heavy atom. The number of hydrogen-bond acceptors (Lipinski definition) is 5. The topological polar surface area (TPSA) is 61.4 Å². The van der Waals surface area contributed by atoms with E-state index in [0.717, 1.165) is 55.4 Å². The molecule has 0 unspecified atom stereocenters. The molecule has 1 fully saturated rings. The van der Waals surface area contributed by atoms with Gasteiger partial charge in [-0.05, 0) is 57.1 Å². The standard InChI is InChI=1S/C24H28FN5O/c1-5-29-8-10-30(11-9-29)19-6-7-21(15(2)12-19)28-24(31)20-13-18(25)14-22-23(20)27-17(4)16(3)26-22/h6-7,12-14H,5,8-11H2,1-4H3,(H,28,31). The number of amides is 1. The van der Waals surface area contributed by atoms with Crippen LogP contribution in [0.5, 0.6) is 0 Å². The molecule has 162 valence electrons. The first-order chi connectivity index (χ1) is 14.9. The monoisotopic (exact) mass is 421 g/mol. The molecule has 6 nitrogen and oxygen atoms in total. The van der Waals surface area contributed by atoms with Gasteiger partial charge in [0.1, 0.15) is 11.3 Å². The normalized spacial score (nSPS) is 14.8.